The zero-order valence-corrected chi connectivity index (χ0v) is 9.34. The van der Waals surface area contributed by atoms with Crippen molar-refractivity contribution in [3.63, 3.8) is 0 Å². The average molecular weight is 223 g/mol. The largest absolute Gasteiger partial charge is 0.467 e. The Labute approximate surface area is 99.7 Å². The van der Waals surface area contributed by atoms with Crippen LogP contribution in [0.3, 0.4) is 0 Å². The van der Waals surface area contributed by atoms with E-state index in [1.54, 1.807) is 6.26 Å². The summed E-state index contributed by atoms with van der Waals surface area (Å²) in [5.74, 6) is 0.792. The maximum absolute atomic E-state index is 6.16. The molecule has 1 atom stereocenters. The molecule has 0 aliphatic heterocycles. The minimum absolute atomic E-state index is 0.199. The molecule has 0 aliphatic rings. The molecule has 0 saturated heterocycles. The van der Waals surface area contributed by atoms with Gasteiger partial charge in [-0.05, 0) is 34.5 Å². The number of benzene rings is 2. The monoisotopic (exact) mass is 223 g/mol. The molecule has 17 heavy (non-hydrogen) atoms. The highest BCUT2D eigenvalue weighted by molar-refractivity contribution is 5.83. The van der Waals surface area contributed by atoms with E-state index in [2.05, 4.69) is 30.3 Å². The highest BCUT2D eigenvalue weighted by Crippen LogP contribution is 2.23. The summed E-state index contributed by atoms with van der Waals surface area (Å²) >= 11 is 0. The lowest BCUT2D eigenvalue weighted by Crippen LogP contribution is -2.10. The predicted molar refractivity (Wildman–Crippen MR) is 68.7 cm³/mol. The molecule has 3 rings (SSSR count). The Kier molecular flexibility index (Phi) is 2.42. The summed E-state index contributed by atoms with van der Waals surface area (Å²) in [5.41, 5.74) is 7.23. The number of rotatable bonds is 2. The van der Waals surface area contributed by atoms with Gasteiger partial charge in [0.2, 0.25) is 0 Å². The summed E-state index contributed by atoms with van der Waals surface area (Å²) < 4.78 is 5.34. The van der Waals surface area contributed by atoms with Crippen LogP contribution in [0.25, 0.3) is 10.8 Å². The second-order valence-corrected chi connectivity index (χ2v) is 4.10. The first-order valence-corrected chi connectivity index (χ1v) is 5.62. The summed E-state index contributed by atoms with van der Waals surface area (Å²) in [6, 6.07) is 18.1. The molecular weight excluding hydrogens is 210 g/mol. The van der Waals surface area contributed by atoms with Crippen LogP contribution in [0.4, 0.5) is 0 Å². The van der Waals surface area contributed by atoms with E-state index in [4.69, 9.17) is 10.2 Å². The van der Waals surface area contributed by atoms with Crippen LogP contribution in [0, 0.1) is 0 Å². The standard InChI is InChI=1S/C15H13NO/c16-15(14-6-3-9-17-14)13-8-7-11-4-1-2-5-12(11)10-13/h1-10,15H,16H2. The van der Waals surface area contributed by atoms with E-state index in [1.165, 1.54) is 10.8 Å². The fourth-order valence-corrected chi connectivity index (χ4v) is 2.03. The van der Waals surface area contributed by atoms with Gasteiger partial charge in [-0.1, -0.05) is 36.4 Å². The van der Waals surface area contributed by atoms with Crippen molar-refractivity contribution in [2.75, 3.05) is 0 Å². The normalized spacial score (nSPS) is 12.8. The SMILES string of the molecule is NC(c1ccc2ccccc2c1)c1ccco1. The van der Waals surface area contributed by atoms with Gasteiger partial charge in [-0.3, -0.25) is 0 Å². The Morgan fingerprint density at radius 1 is 0.882 bits per heavy atom. The number of fused-ring (bicyclic) bond motifs is 1. The molecule has 1 heterocycles. The molecule has 2 heteroatoms. The molecule has 1 unspecified atom stereocenters. The summed E-state index contributed by atoms with van der Waals surface area (Å²) in [6.07, 6.45) is 1.65. The van der Waals surface area contributed by atoms with E-state index in [9.17, 15) is 0 Å². The molecule has 2 N–H and O–H groups in total. The first-order chi connectivity index (χ1) is 8.34. The third-order valence-electron chi connectivity index (χ3n) is 2.98. The molecule has 2 aromatic carbocycles. The Morgan fingerprint density at radius 3 is 2.47 bits per heavy atom. The topological polar surface area (TPSA) is 39.2 Å². The number of hydrogen-bond donors (Lipinski definition) is 1. The Balaban J connectivity index is 2.06. The molecule has 84 valence electrons. The lowest BCUT2D eigenvalue weighted by Gasteiger charge is -2.10. The highest BCUT2D eigenvalue weighted by Gasteiger charge is 2.11. The van der Waals surface area contributed by atoms with Crippen molar-refractivity contribution >= 4 is 10.8 Å². The number of nitrogens with two attached hydrogens (primary N) is 1. The van der Waals surface area contributed by atoms with Gasteiger partial charge < -0.3 is 10.2 Å². The van der Waals surface area contributed by atoms with Crippen LogP contribution >= 0.6 is 0 Å². The van der Waals surface area contributed by atoms with Crippen LogP contribution < -0.4 is 5.73 Å². The lowest BCUT2D eigenvalue weighted by atomic mass is 10.0. The van der Waals surface area contributed by atoms with Gasteiger partial charge in [0.05, 0.1) is 12.3 Å². The fraction of sp³-hybridized carbons (Fsp3) is 0.0667. The van der Waals surface area contributed by atoms with E-state index in [0.717, 1.165) is 11.3 Å². The number of furan rings is 1. The van der Waals surface area contributed by atoms with Crippen LogP contribution in [0.2, 0.25) is 0 Å². The predicted octanol–water partition coefficient (Wildman–Crippen LogP) is 3.48. The summed E-state index contributed by atoms with van der Waals surface area (Å²) in [6.45, 7) is 0. The summed E-state index contributed by atoms with van der Waals surface area (Å²) in [4.78, 5) is 0. The molecule has 0 radical (unpaired) electrons. The van der Waals surface area contributed by atoms with Crippen molar-refractivity contribution < 1.29 is 4.42 Å². The summed E-state index contributed by atoms with van der Waals surface area (Å²) in [7, 11) is 0. The van der Waals surface area contributed by atoms with Gasteiger partial charge in [-0.15, -0.1) is 0 Å². The van der Waals surface area contributed by atoms with E-state index in [1.807, 2.05) is 24.3 Å². The first-order valence-electron chi connectivity index (χ1n) is 5.62. The zero-order valence-electron chi connectivity index (χ0n) is 9.34. The van der Waals surface area contributed by atoms with Gasteiger partial charge in [0, 0.05) is 0 Å². The van der Waals surface area contributed by atoms with Crippen LogP contribution in [0.1, 0.15) is 17.4 Å². The van der Waals surface area contributed by atoms with Crippen molar-refractivity contribution in [1.82, 2.24) is 0 Å². The Bertz CT molecular complexity index is 628. The third-order valence-corrected chi connectivity index (χ3v) is 2.98. The van der Waals surface area contributed by atoms with Crippen LogP contribution in [-0.4, -0.2) is 0 Å². The second kappa shape index (κ2) is 4.07. The van der Waals surface area contributed by atoms with Crippen molar-refractivity contribution in [3.05, 3.63) is 72.2 Å². The molecule has 0 bridgehead atoms. The first kappa shape index (κ1) is 10.1. The van der Waals surface area contributed by atoms with Crippen molar-refractivity contribution in [1.29, 1.82) is 0 Å². The minimum atomic E-state index is -0.199. The third kappa shape index (κ3) is 1.83. The molecular formula is C15H13NO. The lowest BCUT2D eigenvalue weighted by molar-refractivity contribution is 0.490. The van der Waals surface area contributed by atoms with E-state index >= 15 is 0 Å². The Morgan fingerprint density at radius 2 is 1.71 bits per heavy atom. The zero-order chi connectivity index (χ0) is 11.7. The van der Waals surface area contributed by atoms with Crippen LogP contribution in [0.5, 0.6) is 0 Å². The smallest absolute Gasteiger partial charge is 0.124 e. The molecule has 3 aromatic rings. The second-order valence-electron chi connectivity index (χ2n) is 4.10. The van der Waals surface area contributed by atoms with Gasteiger partial charge in [-0.25, -0.2) is 0 Å². The van der Waals surface area contributed by atoms with Crippen molar-refractivity contribution in [2.45, 2.75) is 6.04 Å². The molecule has 1 aromatic heterocycles. The molecule has 0 amide bonds. The molecule has 2 nitrogen and oxygen atoms in total. The maximum atomic E-state index is 6.16. The molecule has 0 saturated carbocycles. The fourth-order valence-electron chi connectivity index (χ4n) is 2.03. The van der Waals surface area contributed by atoms with Gasteiger partial charge in [0.1, 0.15) is 5.76 Å². The molecule has 0 fully saturated rings. The van der Waals surface area contributed by atoms with E-state index < -0.39 is 0 Å². The number of hydrogen-bond acceptors (Lipinski definition) is 2. The van der Waals surface area contributed by atoms with Gasteiger partial charge in [0.15, 0.2) is 0 Å². The minimum Gasteiger partial charge on any atom is -0.467 e. The van der Waals surface area contributed by atoms with E-state index in [0.29, 0.717) is 0 Å². The molecule has 0 spiro atoms. The van der Waals surface area contributed by atoms with Crippen LogP contribution in [0.15, 0.2) is 65.3 Å². The van der Waals surface area contributed by atoms with Gasteiger partial charge in [0.25, 0.3) is 0 Å². The highest BCUT2D eigenvalue weighted by atomic mass is 16.3. The van der Waals surface area contributed by atoms with Crippen molar-refractivity contribution in [3.8, 4) is 0 Å². The van der Waals surface area contributed by atoms with Crippen LogP contribution in [-0.2, 0) is 0 Å². The quantitative estimate of drug-likeness (QED) is 0.722. The van der Waals surface area contributed by atoms with Gasteiger partial charge >= 0.3 is 0 Å². The van der Waals surface area contributed by atoms with Gasteiger partial charge in [-0.2, -0.15) is 0 Å². The molecule has 0 aliphatic carbocycles. The Hall–Kier alpha value is -2.06. The summed E-state index contributed by atoms with van der Waals surface area (Å²) in [5, 5.41) is 2.43. The maximum Gasteiger partial charge on any atom is 0.124 e. The average Bonchev–Trinajstić information content (AvgIpc) is 2.91. The van der Waals surface area contributed by atoms with E-state index in [-0.39, 0.29) is 6.04 Å². The van der Waals surface area contributed by atoms with Crippen molar-refractivity contribution in [2.24, 2.45) is 5.73 Å².